The van der Waals surface area contributed by atoms with Crippen LogP contribution in [0.5, 0.6) is 0 Å². The highest BCUT2D eigenvalue weighted by Gasteiger charge is 2.24. The van der Waals surface area contributed by atoms with Crippen molar-refractivity contribution in [2.45, 2.75) is 45.1 Å². The first-order valence-corrected chi connectivity index (χ1v) is 7.61. The van der Waals surface area contributed by atoms with E-state index in [4.69, 9.17) is 5.11 Å². The molecule has 3 nitrogen and oxygen atoms in total. The van der Waals surface area contributed by atoms with Gasteiger partial charge < -0.3 is 10.0 Å². The van der Waals surface area contributed by atoms with Gasteiger partial charge in [0.2, 0.25) is 0 Å². The first-order valence-electron chi connectivity index (χ1n) is 7.61. The number of nitrogens with zero attached hydrogens (tertiary/aromatic N) is 1. The van der Waals surface area contributed by atoms with Crippen molar-refractivity contribution in [1.82, 2.24) is 4.90 Å². The predicted molar refractivity (Wildman–Crippen MR) is 84.1 cm³/mol. The summed E-state index contributed by atoms with van der Waals surface area (Å²) >= 11 is 0. The lowest BCUT2D eigenvalue weighted by Gasteiger charge is -2.31. The van der Waals surface area contributed by atoms with Gasteiger partial charge >= 0.3 is 0 Å². The Bertz CT molecular complexity index is 562. The van der Waals surface area contributed by atoms with Crippen LogP contribution in [0.15, 0.2) is 18.2 Å². The standard InChI is InChI=1S/C18H23NO2/c1-14-15(9-7-13-20)8-6-12-17(14)18(21)19(2)16-10-4-3-5-11-16/h6,8,12,16,20H,3-5,10-11,13H2,1-2H3. The van der Waals surface area contributed by atoms with Gasteiger partial charge in [-0.2, -0.15) is 0 Å². The van der Waals surface area contributed by atoms with E-state index in [9.17, 15) is 4.79 Å². The Morgan fingerprint density at radius 3 is 2.71 bits per heavy atom. The van der Waals surface area contributed by atoms with Crippen molar-refractivity contribution >= 4 is 5.91 Å². The number of hydrogen-bond acceptors (Lipinski definition) is 2. The van der Waals surface area contributed by atoms with Crippen LogP contribution in [-0.2, 0) is 0 Å². The summed E-state index contributed by atoms with van der Waals surface area (Å²) in [5.41, 5.74) is 2.42. The average molecular weight is 285 g/mol. The van der Waals surface area contributed by atoms with E-state index in [1.54, 1.807) is 0 Å². The van der Waals surface area contributed by atoms with Gasteiger partial charge in [-0.3, -0.25) is 4.79 Å². The summed E-state index contributed by atoms with van der Waals surface area (Å²) in [6.45, 7) is 1.75. The van der Waals surface area contributed by atoms with Gasteiger partial charge in [0.1, 0.15) is 6.61 Å². The van der Waals surface area contributed by atoms with E-state index >= 15 is 0 Å². The molecule has 0 heterocycles. The molecule has 2 rings (SSSR count). The third-order valence-electron chi connectivity index (χ3n) is 4.31. The molecule has 1 fully saturated rings. The highest BCUT2D eigenvalue weighted by Crippen LogP contribution is 2.24. The van der Waals surface area contributed by atoms with Gasteiger partial charge in [-0.05, 0) is 37.5 Å². The normalized spacial score (nSPS) is 15.2. The van der Waals surface area contributed by atoms with Crippen LogP contribution in [0.25, 0.3) is 0 Å². The molecule has 0 aliphatic heterocycles. The van der Waals surface area contributed by atoms with Gasteiger partial charge in [-0.25, -0.2) is 0 Å². The lowest BCUT2D eigenvalue weighted by atomic mass is 9.93. The number of rotatable bonds is 2. The Kier molecular flexibility index (Phi) is 5.41. The maximum Gasteiger partial charge on any atom is 0.254 e. The number of carbonyl (C=O) groups excluding carboxylic acids is 1. The van der Waals surface area contributed by atoms with Crippen LogP contribution in [0.1, 0.15) is 53.6 Å². The van der Waals surface area contributed by atoms with Crippen molar-refractivity contribution in [3.8, 4) is 11.8 Å². The zero-order valence-electron chi connectivity index (χ0n) is 12.9. The summed E-state index contributed by atoms with van der Waals surface area (Å²) in [6, 6.07) is 5.96. The maximum atomic E-state index is 12.7. The predicted octanol–water partition coefficient (Wildman–Crippen LogP) is 2.74. The molecule has 1 saturated carbocycles. The second-order valence-electron chi connectivity index (χ2n) is 5.65. The summed E-state index contributed by atoms with van der Waals surface area (Å²) < 4.78 is 0. The Balaban J connectivity index is 2.22. The van der Waals surface area contributed by atoms with Crippen molar-refractivity contribution in [3.63, 3.8) is 0 Å². The number of aliphatic hydroxyl groups is 1. The van der Waals surface area contributed by atoms with Gasteiger partial charge in [0, 0.05) is 24.2 Å². The molecule has 0 aromatic heterocycles. The van der Waals surface area contributed by atoms with E-state index in [-0.39, 0.29) is 12.5 Å². The molecule has 1 aromatic carbocycles. The minimum atomic E-state index is -0.167. The molecule has 1 amide bonds. The van der Waals surface area contributed by atoms with Crippen LogP contribution < -0.4 is 0 Å². The van der Waals surface area contributed by atoms with Gasteiger partial charge in [0.05, 0.1) is 0 Å². The highest BCUT2D eigenvalue weighted by atomic mass is 16.2. The van der Waals surface area contributed by atoms with E-state index in [0.29, 0.717) is 11.6 Å². The molecule has 0 bridgehead atoms. The van der Waals surface area contributed by atoms with Crippen molar-refractivity contribution in [1.29, 1.82) is 0 Å². The number of carbonyl (C=O) groups is 1. The van der Waals surface area contributed by atoms with E-state index in [0.717, 1.165) is 24.0 Å². The van der Waals surface area contributed by atoms with E-state index in [1.165, 1.54) is 19.3 Å². The topological polar surface area (TPSA) is 40.5 Å². The molecule has 1 N–H and O–H groups in total. The van der Waals surface area contributed by atoms with Crippen molar-refractivity contribution in [2.75, 3.05) is 13.7 Å². The Morgan fingerprint density at radius 1 is 1.33 bits per heavy atom. The molecule has 0 spiro atoms. The third-order valence-corrected chi connectivity index (χ3v) is 4.31. The second kappa shape index (κ2) is 7.28. The van der Waals surface area contributed by atoms with Crippen molar-refractivity contribution < 1.29 is 9.90 Å². The first kappa shape index (κ1) is 15.6. The van der Waals surface area contributed by atoms with Crippen LogP contribution in [0.2, 0.25) is 0 Å². The van der Waals surface area contributed by atoms with Crippen molar-refractivity contribution in [3.05, 3.63) is 34.9 Å². The Labute approximate surface area is 127 Å². The van der Waals surface area contributed by atoms with Gasteiger partial charge in [0.15, 0.2) is 0 Å². The van der Waals surface area contributed by atoms with Crippen LogP contribution in [-0.4, -0.2) is 35.6 Å². The van der Waals surface area contributed by atoms with Crippen LogP contribution in [0.4, 0.5) is 0 Å². The molecule has 112 valence electrons. The van der Waals surface area contributed by atoms with E-state index in [2.05, 4.69) is 11.8 Å². The number of benzene rings is 1. The van der Waals surface area contributed by atoms with Gasteiger partial charge in [0.25, 0.3) is 5.91 Å². The molecule has 0 atom stereocenters. The fourth-order valence-corrected chi connectivity index (χ4v) is 2.96. The SMILES string of the molecule is Cc1c(C#CCO)cccc1C(=O)N(C)C1CCCCC1. The molecular weight excluding hydrogens is 262 g/mol. The molecular formula is C18H23NO2. The van der Waals surface area contributed by atoms with Gasteiger partial charge in [-0.15, -0.1) is 0 Å². The lowest BCUT2D eigenvalue weighted by molar-refractivity contribution is 0.0695. The number of amides is 1. The minimum absolute atomic E-state index is 0.0760. The number of hydrogen-bond donors (Lipinski definition) is 1. The molecule has 21 heavy (non-hydrogen) atoms. The zero-order valence-corrected chi connectivity index (χ0v) is 12.9. The molecule has 1 aromatic rings. The molecule has 0 saturated heterocycles. The quantitative estimate of drug-likeness (QED) is 0.849. The molecule has 0 unspecified atom stereocenters. The van der Waals surface area contributed by atoms with Crippen molar-refractivity contribution in [2.24, 2.45) is 0 Å². The third kappa shape index (κ3) is 3.65. The summed E-state index contributed by atoms with van der Waals surface area (Å²) in [7, 11) is 1.91. The minimum Gasteiger partial charge on any atom is -0.384 e. The Hall–Kier alpha value is -1.79. The molecule has 1 aliphatic carbocycles. The fourth-order valence-electron chi connectivity index (χ4n) is 2.96. The fraction of sp³-hybridized carbons (Fsp3) is 0.500. The van der Waals surface area contributed by atoms with E-state index in [1.807, 2.05) is 37.1 Å². The maximum absolute atomic E-state index is 12.7. The van der Waals surface area contributed by atoms with Crippen LogP contribution >= 0.6 is 0 Å². The average Bonchev–Trinajstić information content (AvgIpc) is 2.53. The first-order chi connectivity index (χ1) is 10.1. The lowest BCUT2D eigenvalue weighted by Crippen LogP contribution is -2.38. The molecule has 0 radical (unpaired) electrons. The monoisotopic (exact) mass is 285 g/mol. The summed E-state index contributed by atoms with van der Waals surface area (Å²) in [4.78, 5) is 14.6. The zero-order chi connectivity index (χ0) is 15.2. The number of aliphatic hydroxyl groups excluding tert-OH is 1. The second-order valence-corrected chi connectivity index (χ2v) is 5.65. The summed E-state index contributed by atoms with van der Waals surface area (Å²) in [5.74, 6) is 5.63. The summed E-state index contributed by atoms with van der Waals surface area (Å²) in [6.07, 6.45) is 5.91. The largest absolute Gasteiger partial charge is 0.384 e. The van der Waals surface area contributed by atoms with Crippen LogP contribution in [0, 0.1) is 18.8 Å². The highest BCUT2D eigenvalue weighted by molar-refractivity contribution is 5.96. The molecule has 3 heteroatoms. The molecule has 1 aliphatic rings. The summed E-state index contributed by atoms with van der Waals surface area (Å²) in [5, 5.41) is 8.81. The smallest absolute Gasteiger partial charge is 0.254 e. The Morgan fingerprint density at radius 2 is 2.05 bits per heavy atom. The van der Waals surface area contributed by atoms with Gasteiger partial charge in [-0.1, -0.05) is 37.2 Å². The van der Waals surface area contributed by atoms with Crippen LogP contribution in [0.3, 0.4) is 0 Å². The van der Waals surface area contributed by atoms with E-state index < -0.39 is 0 Å².